The Bertz CT molecular complexity index is 825. The van der Waals surface area contributed by atoms with Gasteiger partial charge < -0.3 is 14.2 Å². The van der Waals surface area contributed by atoms with Crippen molar-refractivity contribution in [2.45, 2.75) is 0 Å². The molecular formula is C17H17N3O6. The van der Waals surface area contributed by atoms with Gasteiger partial charge in [0, 0.05) is 23.3 Å². The summed E-state index contributed by atoms with van der Waals surface area (Å²) in [5.41, 5.74) is 2.86. The standard InChI is InChI=1S/C17H17N3O6/c1-24-14-7-11(8-15(25-2)16(14)26-3)10-18-19-17(21)12-5-4-6-13(9-12)20(22)23/h4-10H,1-3H3,(H,19,21)/b18-10+. The zero-order chi connectivity index (χ0) is 19.1. The summed E-state index contributed by atoms with van der Waals surface area (Å²) in [5.74, 6) is 0.752. The topological polar surface area (TPSA) is 112 Å². The van der Waals surface area contributed by atoms with Crippen LogP contribution in [0.3, 0.4) is 0 Å². The zero-order valence-electron chi connectivity index (χ0n) is 14.4. The second-order valence-corrected chi connectivity index (χ2v) is 4.97. The van der Waals surface area contributed by atoms with Gasteiger partial charge in [-0.25, -0.2) is 5.43 Å². The monoisotopic (exact) mass is 359 g/mol. The van der Waals surface area contributed by atoms with Gasteiger partial charge in [0.2, 0.25) is 5.75 Å². The highest BCUT2D eigenvalue weighted by Gasteiger charge is 2.13. The van der Waals surface area contributed by atoms with Gasteiger partial charge in [-0.1, -0.05) is 6.07 Å². The third-order valence-corrected chi connectivity index (χ3v) is 3.39. The summed E-state index contributed by atoms with van der Waals surface area (Å²) in [7, 11) is 4.47. The molecule has 0 heterocycles. The molecule has 26 heavy (non-hydrogen) atoms. The van der Waals surface area contributed by atoms with Gasteiger partial charge in [-0.15, -0.1) is 0 Å². The van der Waals surface area contributed by atoms with E-state index in [4.69, 9.17) is 14.2 Å². The summed E-state index contributed by atoms with van der Waals surface area (Å²) in [4.78, 5) is 22.2. The van der Waals surface area contributed by atoms with Crippen molar-refractivity contribution in [3.63, 3.8) is 0 Å². The molecule has 0 saturated heterocycles. The van der Waals surface area contributed by atoms with Crippen molar-refractivity contribution in [1.29, 1.82) is 0 Å². The van der Waals surface area contributed by atoms with Crippen LogP contribution in [0.25, 0.3) is 0 Å². The molecule has 136 valence electrons. The van der Waals surface area contributed by atoms with Gasteiger partial charge in [0.05, 0.1) is 32.5 Å². The Morgan fingerprint density at radius 1 is 1.12 bits per heavy atom. The van der Waals surface area contributed by atoms with Gasteiger partial charge in [0.15, 0.2) is 11.5 Å². The number of nitro benzene ring substituents is 1. The summed E-state index contributed by atoms with van der Waals surface area (Å²) in [5, 5.41) is 14.6. The number of hydrogen-bond acceptors (Lipinski definition) is 7. The molecule has 2 aromatic rings. The minimum Gasteiger partial charge on any atom is -0.493 e. The van der Waals surface area contributed by atoms with Crippen LogP contribution in [-0.2, 0) is 0 Å². The number of hydrazone groups is 1. The Morgan fingerprint density at radius 2 is 1.77 bits per heavy atom. The molecule has 0 aliphatic carbocycles. The predicted octanol–water partition coefficient (Wildman–Crippen LogP) is 2.38. The molecule has 0 radical (unpaired) electrons. The molecule has 0 saturated carbocycles. The van der Waals surface area contributed by atoms with Crippen molar-refractivity contribution in [2.75, 3.05) is 21.3 Å². The van der Waals surface area contributed by atoms with Crippen LogP contribution in [0.2, 0.25) is 0 Å². The van der Waals surface area contributed by atoms with Crippen molar-refractivity contribution < 1.29 is 23.9 Å². The van der Waals surface area contributed by atoms with E-state index in [0.717, 1.165) is 0 Å². The molecule has 1 amide bonds. The van der Waals surface area contributed by atoms with Gasteiger partial charge in [-0.2, -0.15) is 5.10 Å². The van der Waals surface area contributed by atoms with Crippen LogP contribution in [0.4, 0.5) is 5.69 Å². The Hall–Kier alpha value is -3.62. The maximum Gasteiger partial charge on any atom is 0.271 e. The van der Waals surface area contributed by atoms with Crippen LogP contribution >= 0.6 is 0 Å². The lowest BCUT2D eigenvalue weighted by Crippen LogP contribution is -2.17. The molecule has 1 N–H and O–H groups in total. The predicted molar refractivity (Wildman–Crippen MR) is 94.3 cm³/mol. The van der Waals surface area contributed by atoms with Gasteiger partial charge in [-0.05, 0) is 18.2 Å². The van der Waals surface area contributed by atoms with E-state index in [1.54, 1.807) is 12.1 Å². The lowest BCUT2D eigenvalue weighted by molar-refractivity contribution is -0.384. The van der Waals surface area contributed by atoms with Crippen LogP contribution in [-0.4, -0.2) is 38.4 Å². The van der Waals surface area contributed by atoms with Crippen LogP contribution in [0.5, 0.6) is 17.2 Å². The SMILES string of the molecule is COc1cc(/C=N/NC(=O)c2cccc([N+](=O)[O-])c2)cc(OC)c1OC. The Balaban J connectivity index is 2.16. The van der Waals surface area contributed by atoms with Crippen LogP contribution in [0, 0.1) is 10.1 Å². The van der Waals surface area contributed by atoms with E-state index in [-0.39, 0.29) is 11.3 Å². The number of nitro groups is 1. The first-order valence-corrected chi connectivity index (χ1v) is 7.38. The molecule has 2 aromatic carbocycles. The van der Waals surface area contributed by atoms with Gasteiger partial charge in [0.1, 0.15) is 0 Å². The first kappa shape index (κ1) is 18.7. The van der Waals surface area contributed by atoms with E-state index in [0.29, 0.717) is 22.8 Å². The number of methoxy groups -OCH3 is 3. The largest absolute Gasteiger partial charge is 0.493 e. The second-order valence-electron chi connectivity index (χ2n) is 4.97. The highest BCUT2D eigenvalue weighted by atomic mass is 16.6. The Kier molecular flexibility index (Phi) is 6.10. The number of nitrogens with one attached hydrogen (secondary N) is 1. The van der Waals surface area contributed by atoms with Crippen molar-refractivity contribution in [3.05, 3.63) is 57.6 Å². The van der Waals surface area contributed by atoms with E-state index in [9.17, 15) is 14.9 Å². The molecule has 0 atom stereocenters. The highest BCUT2D eigenvalue weighted by molar-refractivity contribution is 5.95. The fourth-order valence-electron chi connectivity index (χ4n) is 2.17. The summed E-state index contributed by atoms with van der Waals surface area (Å²) in [6, 6.07) is 8.67. The van der Waals surface area contributed by atoms with E-state index in [1.807, 2.05) is 0 Å². The number of benzene rings is 2. The fourth-order valence-corrected chi connectivity index (χ4v) is 2.17. The van der Waals surface area contributed by atoms with E-state index < -0.39 is 10.8 Å². The van der Waals surface area contributed by atoms with Crippen molar-refractivity contribution in [1.82, 2.24) is 5.43 Å². The van der Waals surface area contributed by atoms with Gasteiger partial charge >= 0.3 is 0 Å². The molecule has 0 spiro atoms. The molecule has 9 nitrogen and oxygen atoms in total. The number of rotatable bonds is 7. The Labute approximate surface area is 149 Å². The number of non-ortho nitro benzene ring substituents is 1. The lowest BCUT2D eigenvalue weighted by Gasteiger charge is -2.12. The third-order valence-electron chi connectivity index (χ3n) is 3.39. The third kappa shape index (κ3) is 4.26. The summed E-state index contributed by atoms with van der Waals surface area (Å²) in [6.45, 7) is 0. The van der Waals surface area contributed by atoms with E-state index in [1.165, 1.54) is 51.8 Å². The minimum atomic E-state index is -0.573. The number of carbonyl (C=O) groups is 1. The highest BCUT2D eigenvalue weighted by Crippen LogP contribution is 2.37. The lowest BCUT2D eigenvalue weighted by atomic mass is 10.2. The maximum atomic E-state index is 12.0. The summed E-state index contributed by atoms with van der Waals surface area (Å²) in [6.07, 6.45) is 1.39. The van der Waals surface area contributed by atoms with Crippen LogP contribution < -0.4 is 19.6 Å². The van der Waals surface area contributed by atoms with E-state index >= 15 is 0 Å². The fraction of sp³-hybridized carbons (Fsp3) is 0.176. The van der Waals surface area contributed by atoms with Crippen molar-refractivity contribution in [3.8, 4) is 17.2 Å². The zero-order valence-corrected chi connectivity index (χ0v) is 14.4. The molecule has 0 bridgehead atoms. The van der Waals surface area contributed by atoms with Gasteiger partial charge in [0.25, 0.3) is 11.6 Å². The Morgan fingerprint density at radius 3 is 2.31 bits per heavy atom. The number of nitrogens with zero attached hydrogens (tertiary/aromatic N) is 2. The molecule has 9 heteroatoms. The molecular weight excluding hydrogens is 342 g/mol. The molecule has 2 rings (SSSR count). The number of amides is 1. The van der Waals surface area contributed by atoms with Crippen molar-refractivity contribution in [2.24, 2.45) is 5.10 Å². The average Bonchev–Trinajstić information content (AvgIpc) is 2.66. The molecule has 0 aliphatic rings. The van der Waals surface area contributed by atoms with Gasteiger partial charge in [-0.3, -0.25) is 14.9 Å². The maximum absolute atomic E-state index is 12.0. The first-order chi connectivity index (χ1) is 12.5. The average molecular weight is 359 g/mol. The normalized spacial score (nSPS) is 10.4. The van der Waals surface area contributed by atoms with Crippen LogP contribution in [0.15, 0.2) is 41.5 Å². The van der Waals surface area contributed by atoms with Crippen LogP contribution in [0.1, 0.15) is 15.9 Å². The second kappa shape index (κ2) is 8.47. The molecule has 0 unspecified atom stereocenters. The van der Waals surface area contributed by atoms with E-state index in [2.05, 4.69) is 10.5 Å². The number of carbonyl (C=O) groups excluding carboxylic acids is 1. The smallest absolute Gasteiger partial charge is 0.271 e. The number of ether oxygens (including phenoxy) is 3. The summed E-state index contributed by atoms with van der Waals surface area (Å²) >= 11 is 0. The first-order valence-electron chi connectivity index (χ1n) is 7.38. The van der Waals surface area contributed by atoms with Crippen molar-refractivity contribution >= 4 is 17.8 Å². The number of hydrogen-bond donors (Lipinski definition) is 1. The molecule has 0 aliphatic heterocycles. The molecule has 0 fully saturated rings. The molecule has 0 aromatic heterocycles. The summed E-state index contributed by atoms with van der Waals surface area (Å²) < 4.78 is 15.7. The minimum absolute atomic E-state index is 0.126. The quantitative estimate of drug-likeness (QED) is 0.461.